The Morgan fingerprint density at radius 1 is 1.56 bits per heavy atom. The molecule has 98 valence electrons. The molecule has 1 aliphatic rings. The number of piperidine rings is 1. The van der Waals surface area contributed by atoms with Crippen LogP contribution in [0, 0.1) is 16.0 Å². The number of benzene rings is 1. The van der Waals surface area contributed by atoms with Crippen LogP contribution in [0.5, 0.6) is 0 Å². The lowest BCUT2D eigenvalue weighted by Crippen LogP contribution is -2.33. The molecule has 1 fully saturated rings. The van der Waals surface area contributed by atoms with Gasteiger partial charge >= 0.3 is 0 Å². The van der Waals surface area contributed by atoms with E-state index >= 15 is 0 Å². The normalized spacial score (nSPS) is 20.9. The molecular weight excluding hydrogens is 296 g/mol. The summed E-state index contributed by atoms with van der Waals surface area (Å²) in [6.07, 6.45) is 2.45. The Kier molecular flexibility index (Phi) is 4.35. The van der Waals surface area contributed by atoms with Gasteiger partial charge in [-0.25, -0.2) is 0 Å². The van der Waals surface area contributed by atoms with Crippen molar-refractivity contribution >= 4 is 21.6 Å². The molecule has 4 nitrogen and oxygen atoms in total. The van der Waals surface area contributed by atoms with Crippen LogP contribution in [-0.4, -0.2) is 22.9 Å². The topological polar surface area (TPSA) is 46.4 Å². The number of nitrogens with zero attached hydrogens (tertiary/aromatic N) is 2. The Labute approximate surface area is 115 Å². The van der Waals surface area contributed by atoms with E-state index < -0.39 is 0 Å². The van der Waals surface area contributed by atoms with Gasteiger partial charge in [0.1, 0.15) is 0 Å². The summed E-state index contributed by atoms with van der Waals surface area (Å²) in [6, 6.07) is 5.31. The summed E-state index contributed by atoms with van der Waals surface area (Å²) in [7, 11) is 0. The van der Waals surface area contributed by atoms with Crippen LogP contribution in [0.15, 0.2) is 22.7 Å². The molecule has 0 saturated carbocycles. The van der Waals surface area contributed by atoms with Crippen molar-refractivity contribution in [2.24, 2.45) is 5.92 Å². The summed E-state index contributed by atoms with van der Waals surface area (Å²) in [4.78, 5) is 13.1. The van der Waals surface area contributed by atoms with E-state index in [1.54, 1.807) is 6.07 Å². The maximum atomic E-state index is 11.0. The van der Waals surface area contributed by atoms with Crippen LogP contribution in [0.2, 0.25) is 0 Å². The summed E-state index contributed by atoms with van der Waals surface area (Å²) in [5.41, 5.74) is 1.01. The van der Waals surface area contributed by atoms with Gasteiger partial charge in [-0.3, -0.25) is 15.0 Å². The summed E-state index contributed by atoms with van der Waals surface area (Å²) in [5.74, 6) is 0.688. The third-order valence-corrected chi connectivity index (χ3v) is 3.87. The predicted molar refractivity (Wildman–Crippen MR) is 74.5 cm³/mol. The molecule has 0 amide bonds. The highest BCUT2D eigenvalue weighted by molar-refractivity contribution is 9.10. The molecule has 1 aliphatic heterocycles. The van der Waals surface area contributed by atoms with Crippen molar-refractivity contribution < 1.29 is 4.92 Å². The second-order valence-electron chi connectivity index (χ2n) is 5.01. The Morgan fingerprint density at radius 3 is 3.00 bits per heavy atom. The molecule has 0 radical (unpaired) electrons. The fraction of sp³-hybridized carbons (Fsp3) is 0.538. The molecule has 1 aromatic carbocycles. The van der Waals surface area contributed by atoms with E-state index in [-0.39, 0.29) is 10.6 Å². The summed E-state index contributed by atoms with van der Waals surface area (Å²) in [6.45, 7) is 4.99. The Bertz CT molecular complexity index is 451. The number of halogens is 1. The molecule has 1 heterocycles. The van der Waals surface area contributed by atoms with Crippen LogP contribution in [0.3, 0.4) is 0 Å². The zero-order valence-electron chi connectivity index (χ0n) is 10.4. The van der Waals surface area contributed by atoms with Gasteiger partial charge in [-0.2, -0.15) is 0 Å². The van der Waals surface area contributed by atoms with Crippen molar-refractivity contribution in [1.29, 1.82) is 0 Å². The van der Waals surface area contributed by atoms with Gasteiger partial charge in [0.25, 0.3) is 5.69 Å². The van der Waals surface area contributed by atoms with Crippen molar-refractivity contribution in [2.45, 2.75) is 26.3 Å². The van der Waals surface area contributed by atoms with Gasteiger partial charge in [0.2, 0.25) is 0 Å². The van der Waals surface area contributed by atoms with E-state index in [1.165, 1.54) is 12.8 Å². The highest BCUT2D eigenvalue weighted by Gasteiger charge is 2.20. The van der Waals surface area contributed by atoms with Gasteiger partial charge in [-0.1, -0.05) is 22.9 Å². The minimum absolute atomic E-state index is 0.211. The first-order valence-corrected chi connectivity index (χ1v) is 7.00. The van der Waals surface area contributed by atoms with Crippen molar-refractivity contribution in [3.8, 4) is 0 Å². The first kappa shape index (κ1) is 13.5. The number of likely N-dealkylation sites (tertiary alicyclic amines) is 1. The van der Waals surface area contributed by atoms with Gasteiger partial charge in [0.15, 0.2) is 0 Å². The lowest BCUT2D eigenvalue weighted by Gasteiger charge is -2.30. The predicted octanol–water partition coefficient (Wildman–Crippen LogP) is 3.59. The molecule has 1 atom stereocenters. The fourth-order valence-electron chi connectivity index (χ4n) is 2.51. The van der Waals surface area contributed by atoms with Crippen LogP contribution in [0.1, 0.15) is 25.3 Å². The van der Waals surface area contributed by atoms with Crippen molar-refractivity contribution in [3.05, 3.63) is 38.3 Å². The molecule has 0 spiro atoms. The van der Waals surface area contributed by atoms with Gasteiger partial charge in [0, 0.05) is 29.2 Å². The first-order valence-electron chi connectivity index (χ1n) is 6.21. The van der Waals surface area contributed by atoms with E-state index in [4.69, 9.17) is 0 Å². The van der Waals surface area contributed by atoms with Crippen LogP contribution in [0.25, 0.3) is 0 Å². The molecule has 1 unspecified atom stereocenters. The van der Waals surface area contributed by atoms with Crippen molar-refractivity contribution in [2.75, 3.05) is 13.1 Å². The molecule has 2 rings (SSSR count). The number of hydrogen-bond acceptors (Lipinski definition) is 3. The number of rotatable bonds is 3. The lowest BCUT2D eigenvalue weighted by molar-refractivity contribution is -0.385. The average molecular weight is 313 g/mol. The van der Waals surface area contributed by atoms with Crippen LogP contribution in [0.4, 0.5) is 5.69 Å². The van der Waals surface area contributed by atoms with E-state index in [0.717, 1.165) is 23.1 Å². The van der Waals surface area contributed by atoms with E-state index in [0.29, 0.717) is 12.5 Å². The largest absolute Gasteiger partial charge is 0.299 e. The molecule has 0 N–H and O–H groups in total. The minimum Gasteiger partial charge on any atom is -0.299 e. The molecule has 1 aromatic rings. The van der Waals surface area contributed by atoms with Crippen molar-refractivity contribution in [3.63, 3.8) is 0 Å². The monoisotopic (exact) mass is 312 g/mol. The molecular formula is C13H17BrN2O2. The highest BCUT2D eigenvalue weighted by atomic mass is 79.9. The van der Waals surface area contributed by atoms with Crippen LogP contribution >= 0.6 is 15.9 Å². The lowest BCUT2D eigenvalue weighted by atomic mass is 9.99. The second kappa shape index (κ2) is 5.80. The highest BCUT2D eigenvalue weighted by Crippen LogP contribution is 2.26. The quantitative estimate of drug-likeness (QED) is 0.633. The van der Waals surface area contributed by atoms with E-state index in [9.17, 15) is 10.1 Å². The third-order valence-electron chi connectivity index (χ3n) is 3.38. The van der Waals surface area contributed by atoms with Gasteiger partial charge in [-0.05, 0) is 37.4 Å². The molecule has 0 aromatic heterocycles. The summed E-state index contributed by atoms with van der Waals surface area (Å²) < 4.78 is 0.755. The maximum Gasteiger partial charge on any atom is 0.275 e. The number of nitro benzene ring substituents is 1. The van der Waals surface area contributed by atoms with Crippen LogP contribution < -0.4 is 0 Å². The Balaban J connectivity index is 2.15. The molecule has 18 heavy (non-hydrogen) atoms. The van der Waals surface area contributed by atoms with Gasteiger partial charge in [-0.15, -0.1) is 0 Å². The van der Waals surface area contributed by atoms with Gasteiger partial charge < -0.3 is 0 Å². The van der Waals surface area contributed by atoms with E-state index in [2.05, 4.69) is 27.8 Å². The molecule has 1 saturated heterocycles. The first-order chi connectivity index (χ1) is 8.56. The molecule has 0 bridgehead atoms. The smallest absolute Gasteiger partial charge is 0.275 e. The van der Waals surface area contributed by atoms with E-state index in [1.807, 2.05) is 12.1 Å². The standard InChI is InChI=1S/C13H17BrN2O2/c1-10-3-2-6-15(8-10)9-11-4-5-12(14)7-13(11)16(17)18/h4-5,7,10H,2-3,6,8-9H2,1H3. The van der Waals surface area contributed by atoms with Crippen molar-refractivity contribution in [1.82, 2.24) is 4.90 Å². The zero-order chi connectivity index (χ0) is 13.1. The Morgan fingerprint density at radius 2 is 2.33 bits per heavy atom. The zero-order valence-corrected chi connectivity index (χ0v) is 12.0. The minimum atomic E-state index is -0.298. The summed E-state index contributed by atoms with van der Waals surface area (Å²) in [5, 5.41) is 11.0. The fourth-order valence-corrected chi connectivity index (χ4v) is 2.86. The van der Waals surface area contributed by atoms with Crippen LogP contribution in [-0.2, 0) is 6.54 Å². The van der Waals surface area contributed by atoms with Gasteiger partial charge in [0.05, 0.1) is 4.92 Å². The number of hydrogen-bond donors (Lipinski definition) is 0. The third kappa shape index (κ3) is 3.29. The maximum absolute atomic E-state index is 11.0. The molecule has 0 aliphatic carbocycles. The number of nitro groups is 1. The second-order valence-corrected chi connectivity index (χ2v) is 5.93. The Hall–Kier alpha value is -0.940. The summed E-state index contributed by atoms with van der Waals surface area (Å²) >= 11 is 3.28. The SMILES string of the molecule is CC1CCCN(Cc2ccc(Br)cc2[N+](=O)[O-])C1. The molecule has 5 heteroatoms. The average Bonchev–Trinajstić information content (AvgIpc) is 2.31.